The summed E-state index contributed by atoms with van der Waals surface area (Å²) >= 11 is 0. The summed E-state index contributed by atoms with van der Waals surface area (Å²) in [7, 11) is 5.12. The van der Waals surface area contributed by atoms with Crippen LogP contribution in [-0.2, 0) is 16.0 Å². The second-order valence-corrected chi connectivity index (χ2v) is 5.01. The van der Waals surface area contributed by atoms with Crippen LogP contribution in [0.1, 0.15) is 18.4 Å². The van der Waals surface area contributed by atoms with Crippen molar-refractivity contribution in [2.75, 3.05) is 47.6 Å². The minimum atomic E-state index is 0. The molecule has 0 spiro atoms. The van der Waals surface area contributed by atoms with Crippen molar-refractivity contribution < 1.29 is 14.2 Å². The van der Waals surface area contributed by atoms with Gasteiger partial charge in [0.2, 0.25) is 0 Å². The third kappa shape index (κ3) is 10.7. The Morgan fingerprint density at radius 1 is 1.00 bits per heavy atom. The van der Waals surface area contributed by atoms with Crippen LogP contribution in [0.25, 0.3) is 0 Å². The van der Waals surface area contributed by atoms with Gasteiger partial charge in [0.1, 0.15) is 5.75 Å². The molecule has 7 heteroatoms. The number of halogens is 1. The molecule has 0 heterocycles. The highest BCUT2D eigenvalue weighted by atomic mass is 127. The van der Waals surface area contributed by atoms with E-state index in [2.05, 4.69) is 15.6 Å². The molecule has 2 N–H and O–H groups in total. The normalized spacial score (nSPS) is 10.9. The zero-order valence-corrected chi connectivity index (χ0v) is 17.2. The Kier molecular flexibility index (Phi) is 14.8. The lowest BCUT2D eigenvalue weighted by atomic mass is 10.2. The number of unbranched alkanes of at least 4 members (excludes halogenated alkanes) is 1. The lowest BCUT2D eigenvalue weighted by Gasteiger charge is -2.12. The molecule has 6 nitrogen and oxygen atoms in total. The minimum Gasteiger partial charge on any atom is -0.497 e. The first-order valence-corrected chi connectivity index (χ1v) is 7.94. The summed E-state index contributed by atoms with van der Waals surface area (Å²) in [5, 5.41) is 6.59. The number of hydrogen-bond donors (Lipinski definition) is 2. The Bertz CT molecular complexity index is 441. The minimum absolute atomic E-state index is 0. The SMILES string of the molecule is CN=C(NCCCCOCCOC)NCc1ccc(OC)cc1.I. The summed E-state index contributed by atoms with van der Waals surface area (Å²) < 4.78 is 15.5. The highest BCUT2D eigenvalue weighted by molar-refractivity contribution is 14.0. The number of aliphatic imine (C=N–C) groups is 1. The van der Waals surface area contributed by atoms with Gasteiger partial charge in [0.05, 0.1) is 20.3 Å². The molecule has 0 bridgehead atoms. The lowest BCUT2D eigenvalue weighted by molar-refractivity contribution is 0.0689. The van der Waals surface area contributed by atoms with E-state index >= 15 is 0 Å². The number of hydrogen-bond acceptors (Lipinski definition) is 4. The smallest absolute Gasteiger partial charge is 0.191 e. The van der Waals surface area contributed by atoms with Gasteiger partial charge in [-0.05, 0) is 30.5 Å². The number of nitrogens with zero attached hydrogens (tertiary/aromatic N) is 1. The third-order valence-electron chi connectivity index (χ3n) is 3.28. The Morgan fingerprint density at radius 2 is 1.75 bits per heavy atom. The fourth-order valence-electron chi connectivity index (χ4n) is 1.93. The monoisotopic (exact) mass is 451 g/mol. The quantitative estimate of drug-likeness (QED) is 0.234. The van der Waals surface area contributed by atoms with Crippen LogP contribution in [0.2, 0.25) is 0 Å². The fourth-order valence-corrected chi connectivity index (χ4v) is 1.93. The molecule has 1 aromatic rings. The summed E-state index contributed by atoms with van der Waals surface area (Å²) in [6.45, 7) is 3.68. The van der Waals surface area contributed by atoms with Crippen LogP contribution in [0.5, 0.6) is 5.75 Å². The van der Waals surface area contributed by atoms with E-state index in [1.54, 1.807) is 21.3 Å². The average Bonchev–Trinajstić information content (AvgIpc) is 2.60. The number of nitrogens with one attached hydrogen (secondary N) is 2. The molecule has 138 valence electrons. The van der Waals surface area contributed by atoms with Gasteiger partial charge in [0.25, 0.3) is 0 Å². The number of methoxy groups -OCH3 is 2. The molecule has 1 rings (SSSR count). The molecule has 0 fully saturated rings. The van der Waals surface area contributed by atoms with Gasteiger partial charge in [-0.15, -0.1) is 24.0 Å². The van der Waals surface area contributed by atoms with Crippen molar-refractivity contribution in [2.45, 2.75) is 19.4 Å². The maximum absolute atomic E-state index is 5.42. The van der Waals surface area contributed by atoms with Crippen molar-refractivity contribution >= 4 is 29.9 Å². The van der Waals surface area contributed by atoms with Gasteiger partial charge in [-0.1, -0.05) is 12.1 Å². The Morgan fingerprint density at radius 3 is 2.38 bits per heavy atom. The zero-order chi connectivity index (χ0) is 16.8. The van der Waals surface area contributed by atoms with Crippen LogP contribution in [0.15, 0.2) is 29.3 Å². The van der Waals surface area contributed by atoms with Gasteiger partial charge in [-0.2, -0.15) is 0 Å². The molecule has 0 aliphatic carbocycles. The van der Waals surface area contributed by atoms with Crippen molar-refractivity contribution in [3.63, 3.8) is 0 Å². The van der Waals surface area contributed by atoms with E-state index in [-0.39, 0.29) is 24.0 Å². The first-order chi connectivity index (χ1) is 11.3. The van der Waals surface area contributed by atoms with Crippen LogP contribution in [0, 0.1) is 0 Å². The van der Waals surface area contributed by atoms with E-state index < -0.39 is 0 Å². The number of rotatable bonds is 11. The molecule has 0 amide bonds. The van der Waals surface area contributed by atoms with Crippen LogP contribution < -0.4 is 15.4 Å². The van der Waals surface area contributed by atoms with Crippen LogP contribution in [-0.4, -0.2) is 53.6 Å². The van der Waals surface area contributed by atoms with Gasteiger partial charge >= 0.3 is 0 Å². The van der Waals surface area contributed by atoms with Crippen LogP contribution in [0.3, 0.4) is 0 Å². The van der Waals surface area contributed by atoms with E-state index in [4.69, 9.17) is 14.2 Å². The zero-order valence-electron chi connectivity index (χ0n) is 14.8. The van der Waals surface area contributed by atoms with Crippen molar-refractivity contribution in [1.29, 1.82) is 0 Å². The molecule has 0 aliphatic rings. The third-order valence-corrected chi connectivity index (χ3v) is 3.28. The Balaban J connectivity index is 0.00000529. The molecule has 0 aromatic heterocycles. The molecule has 0 saturated heterocycles. The molecule has 0 saturated carbocycles. The average molecular weight is 451 g/mol. The van der Waals surface area contributed by atoms with Gasteiger partial charge in [0, 0.05) is 33.9 Å². The second-order valence-electron chi connectivity index (χ2n) is 5.01. The Hall–Kier alpha value is -1.06. The highest BCUT2D eigenvalue weighted by Gasteiger charge is 1.99. The van der Waals surface area contributed by atoms with E-state index in [9.17, 15) is 0 Å². The number of benzene rings is 1. The summed E-state index contributed by atoms with van der Waals surface area (Å²) in [4.78, 5) is 4.22. The molecule has 0 aliphatic heterocycles. The van der Waals surface area contributed by atoms with Crippen LogP contribution in [0.4, 0.5) is 0 Å². The highest BCUT2D eigenvalue weighted by Crippen LogP contribution is 2.10. The Labute approximate surface area is 162 Å². The molecule has 0 unspecified atom stereocenters. The standard InChI is InChI=1S/C17H29N3O3.HI/c1-18-17(19-10-4-5-11-23-13-12-21-2)20-14-15-6-8-16(22-3)9-7-15;/h6-9H,4-5,10-14H2,1-3H3,(H2,18,19,20);1H. The van der Waals surface area contributed by atoms with E-state index in [0.717, 1.165) is 44.2 Å². The van der Waals surface area contributed by atoms with Crippen molar-refractivity contribution in [2.24, 2.45) is 4.99 Å². The lowest BCUT2D eigenvalue weighted by Crippen LogP contribution is -2.37. The summed E-state index contributed by atoms with van der Waals surface area (Å²) in [5.41, 5.74) is 1.18. The van der Waals surface area contributed by atoms with E-state index in [1.807, 2.05) is 24.3 Å². The maximum atomic E-state index is 5.42. The molecule has 0 radical (unpaired) electrons. The molecule has 24 heavy (non-hydrogen) atoms. The molecule has 0 atom stereocenters. The molecular formula is C17H30IN3O3. The topological polar surface area (TPSA) is 64.1 Å². The van der Waals surface area contributed by atoms with Crippen molar-refractivity contribution in [1.82, 2.24) is 10.6 Å². The van der Waals surface area contributed by atoms with Crippen LogP contribution >= 0.6 is 24.0 Å². The van der Waals surface area contributed by atoms with Gasteiger partial charge in [-0.25, -0.2) is 0 Å². The first-order valence-electron chi connectivity index (χ1n) is 7.94. The summed E-state index contributed by atoms with van der Waals surface area (Å²) in [6.07, 6.45) is 2.06. The van der Waals surface area contributed by atoms with Gasteiger partial charge in [0.15, 0.2) is 5.96 Å². The maximum Gasteiger partial charge on any atom is 0.191 e. The summed E-state index contributed by atoms with van der Waals surface area (Å²) in [5.74, 6) is 1.67. The largest absolute Gasteiger partial charge is 0.497 e. The first kappa shape index (κ1) is 22.9. The predicted octanol–water partition coefficient (Wildman–Crippen LogP) is 2.42. The van der Waals surface area contributed by atoms with Gasteiger partial charge in [-0.3, -0.25) is 4.99 Å². The summed E-state index contributed by atoms with van der Waals surface area (Å²) in [6, 6.07) is 7.99. The number of ether oxygens (including phenoxy) is 3. The van der Waals surface area contributed by atoms with Crippen molar-refractivity contribution in [3.05, 3.63) is 29.8 Å². The number of guanidine groups is 1. The van der Waals surface area contributed by atoms with E-state index in [0.29, 0.717) is 13.2 Å². The van der Waals surface area contributed by atoms with Crippen molar-refractivity contribution in [3.8, 4) is 5.75 Å². The van der Waals surface area contributed by atoms with E-state index in [1.165, 1.54) is 5.56 Å². The predicted molar refractivity (Wildman–Crippen MR) is 109 cm³/mol. The molecule has 1 aromatic carbocycles. The fraction of sp³-hybridized carbons (Fsp3) is 0.588. The molecular weight excluding hydrogens is 421 g/mol. The second kappa shape index (κ2) is 15.5. The van der Waals surface area contributed by atoms with Gasteiger partial charge < -0.3 is 24.8 Å².